The van der Waals surface area contributed by atoms with E-state index in [9.17, 15) is 9.59 Å². The van der Waals surface area contributed by atoms with Crippen LogP contribution in [0.1, 0.15) is 18.0 Å². The molecule has 2 aromatic carbocycles. The Kier molecular flexibility index (Phi) is 5.97. The number of carbonyl (C=O) groups excluding carboxylic acids is 2. The van der Waals surface area contributed by atoms with Crippen molar-refractivity contribution in [1.29, 1.82) is 0 Å². The third kappa shape index (κ3) is 4.42. The lowest BCUT2D eigenvalue weighted by Crippen LogP contribution is -2.52. The van der Waals surface area contributed by atoms with Crippen molar-refractivity contribution >= 4 is 35.4 Å². The molecule has 4 rings (SSSR count). The number of hydrazone groups is 1. The van der Waals surface area contributed by atoms with Crippen LogP contribution < -0.4 is 20.2 Å². The zero-order valence-electron chi connectivity index (χ0n) is 17.0. The number of hydrogen-bond acceptors (Lipinski definition) is 7. The summed E-state index contributed by atoms with van der Waals surface area (Å²) in [5.74, 6) is 0.429. The molecule has 9 nitrogen and oxygen atoms in total. The van der Waals surface area contributed by atoms with Gasteiger partial charge in [0.2, 0.25) is 5.91 Å². The van der Waals surface area contributed by atoms with Gasteiger partial charge in [-0.3, -0.25) is 14.6 Å². The molecule has 1 saturated heterocycles. The molecule has 2 N–H and O–H groups in total. The molecular formula is C21H22ClN5O4. The number of ether oxygens (including phenoxy) is 2. The number of benzene rings is 2. The number of nitrogens with zero attached hydrogens (tertiary/aromatic N) is 3. The van der Waals surface area contributed by atoms with E-state index >= 15 is 0 Å². The van der Waals surface area contributed by atoms with Gasteiger partial charge < -0.3 is 14.8 Å². The quantitative estimate of drug-likeness (QED) is 0.711. The molecule has 2 aliphatic heterocycles. The maximum Gasteiger partial charge on any atom is 0.267 e. The lowest BCUT2D eigenvalue weighted by atomic mass is 10.0. The number of nitrogens with one attached hydrogen (secondary N) is 2. The minimum atomic E-state index is -0.443. The molecule has 0 radical (unpaired) electrons. The minimum absolute atomic E-state index is 0.0463. The normalized spacial score (nSPS) is 19.9. The average molecular weight is 444 g/mol. The molecular weight excluding hydrogens is 422 g/mol. The summed E-state index contributed by atoms with van der Waals surface area (Å²) in [6, 6.07) is 12.0. The summed E-state index contributed by atoms with van der Waals surface area (Å²) in [4.78, 5) is 25.5. The van der Waals surface area contributed by atoms with E-state index in [-0.39, 0.29) is 24.4 Å². The van der Waals surface area contributed by atoms with Gasteiger partial charge in [-0.15, -0.1) is 0 Å². The zero-order chi connectivity index (χ0) is 22.0. The molecule has 0 spiro atoms. The van der Waals surface area contributed by atoms with Crippen molar-refractivity contribution in [3.05, 3.63) is 53.1 Å². The Morgan fingerprint density at radius 2 is 2.00 bits per heavy atom. The maximum absolute atomic E-state index is 12.9. The Hall–Kier alpha value is -3.30. The summed E-state index contributed by atoms with van der Waals surface area (Å²) >= 11 is 5.96. The van der Waals surface area contributed by atoms with E-state index in [4.69, 9.17) is 21.1 Å². The lowest BCUT2D eigenvalue weighted by molar-refractivity contribution is -0.139. The van der Waals surface area contributed by atoms with Crippen molar-refractivity contribution < 1.29 is 19.1 Å². The molecule has 2 amide bonds. The number of halogens is 1. The summed E-state index contributed by atoms with van der Waals surface area (Å²) in [5.41, 5.74) is 4.77. The third-order valence-corrected chi connectivity index (χ3v) is 5.46. The smallest absolute Gasteiger partial charge is 0.267 e. The van der Waals surface area contributed by atoms with Gasteiger partial charge in [-0.05, 0) is 36.2 Å². The number of hydrogen-bond donors (Lipinski definition) is 2. The first-order chi connectivity index (χ1) is 15.0. The second-order valence-electron chi connectivity index (χ2n) is 7.13. The van der Waals surface area contributed by atoms with Gasteiger partial charge in [-0.25, -0.2) is 10.4 Å². The monoisotopic (exact) mass is 443 g/mol. The largest absolute Gasteiger partial charge is 0.497 e. The van der Waals surface area contributed by atoms with Crippen molar-refractivity contribution in [3.63, 3.8) is 0 Å². The Labute approximate surface area is 184 Å². The first-order valence-electron chi connectivity index (χ1n) is 9.66. The van der Waals surface area contributed by atoms with E-state index in [1.54, 1.807) is 30.3 Å². The fourth-order valence-corrected chi connectivity index (χ4v) is 3.72. The van der Waals surface area contributed by atoms with Gasteiger partial charge in [0.25, 0.3) is 5.91 Å². The van der Waals surface area contributed by atoms with Crippen LogP contribution in [0.3, 0.4) is 0 Å². The predicted octanol–water partition coefficient (Wildman–Crippen LogP) is 2.40. The fraction of sp³-hybridized carbons (Fsp3) is 0.286. The van der Waals surface area contributed by atoms with Crippen LogP contribution in [0, 0.1) is 0 Å². The van der Waals surface area contributed by atoms with E-state index in [1.807, 2.05) is 24.3 Å². The molecule has 2 aromatic rings. The molecule has 2 atom stereocenters. The van der Waals surface area contributed by atoms with E-state index in [0.29, 0.717) is 28.6 Å². The Balaban J connectivity index is 1.40. The van der Waals surface area contributed by atoms with Gasteiger partial charge in [0, 0.05) is 11.1 Å². The number of methoxy groups -OCH3 is 2. The zero-order valence-corrected chi connectivity index (χ0v) is 17.8. The van der Waals surface area contributed by atoms with Crippen LogP contribution in [0.15, 0.2) is 47.6 Å². The van der Waals surface area contributed by atoms with Crippen LogP contribution in [-0.4, -0.2) is 55.0 Å². The number of amides is 2. The molecule has 2 aliphatic rings. The van der Waals surface area contributed by atoms with Crippen LogP contribution in [0.2, 0.25) is 5.02 Å². The second-order valence-corrected chi connectivity index (χ2v) is 7.57. The highest BCUT2D eigenvalue weighted by Crippen LogP contribution is 2.31. The Morgan fingerprint density at radius 3 is 2.71 bits per heavy atom. The minimum Gasteiger partial charge on any atom is -0.497 e. The third-order valence-electron chi connectivity index (χ3n) is 5.20. The van der Waals surface area contributed by atoms with E-state index < -0.39 is 6.04 Å². The SMILES string of the molecule is COc1ccc(NC(=O)CN2N=CN3NC(c4ccc(Cl)cc4)CC3C2=O)c(OC)c1. The topological polar surface area (TPSA) is 95.5 Å². The Morgan fingerprint density at radius 1 is 1.23 bits per heavy atom. The van der Waals surface area contributed by atoms with Crippen molar-refractivity contribution in [1.82, 2.24) is 15.4 Å². The van der Waals surface area contributed by atoms with Crippen molar-refractivity contribution in [3.8, 4) is 11.5 Å². The van der Waals surface area contributed by atoms with Gasteiger partial charge in [-0.1, -0.05) is 23.7 Å². The average Bonchev–Trinajstić information content (AvgIpc) is 3.21. The molecule has 162 valence electrons. The predicted molar refractivity (Wildman–Crippen MR) is 116 cm³/mol. The molecule has 31 heavy (non-hydrogen) atoms. The van der Waals surface area contributed by atoms with E-state index in [2.05, 4.69) is 15.8 Å². The molecule has 0 aliphatic carbocycles. The summed E-state index contributed by atoms with van der Waals surface area (Å²) < 4.78 is 10.4. The van der Waals surface area contributed by atoms with Crippen LogP contribution in [0.5, 0.6) is 11.5 Å². The number of hydrazine groups is 1. The van der Waals surface area contributed by atoms with Crippen LogP contribution >= 0.6 is 11.6 Å². The number of carbonyl (C=O) groups is 2. The van der Waals surface area contributed by atoms with Gasteiger partial charge in [-0.2, -0.15) is 5.10 Å². The van der Waals surface area contributed by atoms with Crippen LogP contribution in [0.25, 0.3) is 0 Å². The van der Waals surface area contributed by atoms with E-state index in [0.717, 1.165) is 5.56 Å². The molecule has 0 saturated carbocycles. The molecule has 2 unspecified atom stereocenters. The van der Waals surface area contributed by atoms with Crippen molar-refractivity contribution in [2.75, 3.05) is 26.1 Å². The molecule has 10 heteroatoms. The van der Waals surface area contributed by atoms with Crippen LogP contribution in [-0.2, 0) is 9.59 Å². The van der Waals surface area contributed by atoms with Crippen LogP contribution in [0.4, 0.5) is 5.69 Å². The summed E-state index contributed by atoms with van der Waals surface area (Å²) in [5, 5.41) is 10.4. The highest BCUT2D eigenvalue weighted by molar-refractivity contribution is 6.30. The standard InChI is InChI=1S/C21H22ClN5O4/c1-30-15-7-8-16(19(9-15)31-2)24-20(28)11-26-21(29)18-10-17(25-27(18)12-23-26)13-3-5-14(22)6-4-13/h3-9,12,17-18,25H,10-11H2,1-2H3,(H,24,28). The number of rotatable bonds is 6. The van der Waals surface area contributed by atoms with E-state index in [1.165, 1.54) is 18.5 Å². The molecule has 0 bridgehead atoms. The van der Waals surface area contributed by atoms with Gasteiger partial charge in [0.05, 0.1) is 25.9 Å². The number of fused-ring (bicyclic) bond motifs is 1. The van der Waals surface area contributed by atoms with Crippen molar-refractivity contribution in [2.24, 2.45) is 5.10 Å². The van der Waals surface area contributed by atoms with Gasteiger partial charge >= 0.3 is 0 Å². The summed E-state index contributed by atoms with van der Waals surface area (Å²) in [7, 11) is 3.05. The fourth-order valence-electron chi connectivity index (χ4n) is 3.59. The maximum atomic E-state index is 12.9. The second kappa shape index (κ2) is 8.83. The number of anilines is 1. The highest BCUT2D eigenvalue weighted by atomic mass is 35.5. The van der Waals surface area contributed by atoms with Gasteiger partial charge in [0.15, 0.2) is 0 Å². The summed E-state index contributed by atoms with van der Waals surface area (Å²) in [6.45, 7) is -0.208. The Bertz CT molecular complexity index is 1010. The molecule has 1 fully saturated rings. The van der Waals surface area contributed by atoms with Crippen molar-refractivity contribution in [2.45, 2.75) is 18.5 Å². The first kappa shape index (κ1) is 21.0. The van der Waals surface area contributed by atoms with Gasteiger partial charge in [0.1, 0.15) is 30.4 Å². The lowest BCUT2D eigenvalue weighted by Gasteiger charge is -2.29. The highest BCUT2D eigenvalue weighted by Gasteiger charge is 2.41. The summed E-state index contributed by atoms with van der Waals surface area (Å²) in [6.07, 6.45) is 2.08. The first-order valence-corrected chi connectivity index (χ1v) is 10.0. The molecule has 0 aromatic heterocycles. The molecule has 2 heterocycles.